The molecular formula is C13H7Cl2F3N2O. The number of carbonyl (C=O) groups excluding carboxylic acids is 1. The Kier molecular flexibility index (Phi) is 4.29. The zero-order valence-electron chi connectivity index (χ0n) is 10.2. The van der Waals surface area contributed by atoms with Gasteiger partial charge in [-0.05, 0) is 18.2 Å². The molecule has 0 bridgehead atoms. The van der Waals surface area contributed by atoms with Crippen LogP contribution in [0.4, 0.5) is 24.5 Å². The Morgan fingerprint density at radius 2 is 1.57 bits per heavy atom. The van der Waals surface area contributed by atoms with Crippen molar-refractivity contribution in [3.05, 3.63) is 57.3 Å². The van der Waals surface area contributed by atoms with Gasteiger partial charge >= 0.3 is 0 Å². The minimum absolute atomic E-state index is 0.0907. The van der Waals surface area contributed by atoms with Crippen LogP contribution in [0.15, 0.2) is 24.3 Å². The van der Waals surface area contributed by atoms with Gasteiger partial charge in [0.25, 0.3) is 5.91 Å². The summed E-state index contributed by atoms with van der Waals surface area (Å²) in [7, 11) is 0. The third-order valence-electron chi connectivity index (χ3n) is 2.58. The van der Waals surface area contributed by atoms with E-state index in [4.69, 9.17) is 28.9 Å². The molecule has 110 valence electrons. The first kappa shape index (κ1) is 15.5. The minimum atomic E-state index is -1.10. The number of benzene rings is 2. The van der Waals surface area contributed by atoms with E-state index in [1.165, 1.54) is 0 Å². The average molecular weight is 335 g/mol. The smallest absolute Gasteiger partial charge is 0.258 e. The highest BCUT2D eigenvalue weighted by molar-refractivity contribution is 6.40. The first-order valence-corrected chi connectivity index (χ1v) is 6.25. The average Bonchev–Trinajstić information content (AvgIpc) is 2.37. The van der Waals surface area contributed by atoms with Gasteiger partial charge in [0.2, 0.25) is 0 Å². The van der Waals surface area contributed by atoms with Crippen molar-refractivity contribution in [3.63, 3.8) is 0 Å². The van der Waals surface area contributed by atoms with Crippen LogP contribution in [0.25, 0.3) is 0 Å². The van der Waals surface area contributed by atoms with Crippen molar-refractivity contribution in [1.82, 2.24) is 0 Å². The van der Waals surface area contributed by atoms with E-state index >= 15 is 0 Å². The molecule has 0 heterocycles. The van der Waals surface area contributed by atoms with Gasteiger partial charge in [0.05, 0.1) is 27.0 Å². The second-order valence-corrected chi connectivity index (χ2v) is 4.87. The number of hydrogen-bond donors (Lipinski definition) is 2. The second kappa shape index (κ2) is 5.83. The topological polar surface area (TPSA) is 55.1 Å². The molecule has 1 amide bonds. The second-order valence-electron chi connectivity index (χ2n) is 4.05. The summed E-state index contributed by atoms with van der Waals surface area (Å²) in [5.41, 5.74) is 4.30. The van der Waals surface area contributed by atoms with Crippen molar-refractivity contribution in [2.24, 2.45) is 0 Å². The first-order chi connectivity index (χ1) is 9.79. The summed E-state index contributed by atoms with van der Waals surface area (Å²) in [6.07, 6.45) is 0. The number of nitrogens with one attached hydrogen (secondary N) is 1. The van der Waals surface area contributed by atoms with Crippen LogP contribution < -0.4 is 11.1 Å². The van der Waals surface area contributed by atoms with Crippen molar-refractivity contribution >= 4 is 40.5 Å². The van der Waals surface area contributed by atoms with E-state index in [0.29, 0.717) is 6.07 Å². The molecule has 2 aromatic rings. The Bertz CT molecular complexity index is 715. The van der Waals surface area contributed by atoms with Gasteiger partial charge in [0, 0.05) is 6.07 Å². The van der Waals surface area contributed by atoms with E-state index in [-0.39, 0.29) is 15.7 Å². The summed E-state index contributed by atoms with van der Waals surface area (Å²) in [4.78, 5) is 11.9. The van der Waals surface area contributed by atoms with Gasteiger partial charge in [-0.15, -0.1) is 0 Å². The molecule has 21 heavy (non-hydrogen) atoms. The fourth-order valence-electron chi connectivity index (χ4n) is 1.58. The van der Waals surface area contributed by atoms with E-state index in [2.05, 4.69) is 5.32 Å². The summed E-state index contributed by atoms with van der Waals surface area (Å²) in [6, 6.07) is 3.18. The Morgan fingerprint density at radius 3 is 2.14 bits per heavy atom. The summed E-state index contributed by atoms with van der Waals surface area (Å²) in [5, 5.41) is 1.90. The Hall–Kier alpha value is -1.92. The Balaban J connectivity index is 2.37. The molecule has 0 unspecified atom stereocenters. The maximum atomic E-state index is 13.6. The molecule has 3 N–H and O–H groups in total. The highest BCUT2D eigenvalue weighted by Gasteiger charge is 2.18. The summed E-state index contributed by atoms with van der Waals surface area (Å²) in [5.74, 6) is -3.73. The highest BCUT2D eigenvalue weighted by Crippen LogP contribution is 2.32. The SMILES string of the molecule is Nc1cc(C(=O)Nc2c(Cl)cc(F)cc2Cl)c(F)cc1F. The molecule has 8 heteroatoms. The first-order valence-electron chi connectivity index (χ1n) is 5.50. The van der Waals surface area contributed by atoms with Crippen molar-refractivity contribution in [3.8, 4) is 0 Å². The minimum Gasteiger partial charge on any atom is -0.396 e. The van der Waals surface area contributed by atoms with Crippen LogP contribution in [-0.4, -0.2) is 5.91 Å². The fourth-order valence-corrected chi connectivity index (χ4v) is 2.14. The summed E-state index contributed by atoms with van der Waals surface area (Å²) in [6.45, 7) is 0. The molecule has 0 atom stereocenters. The largest absolute Gasteiger partial charge is 0.396 e. The van der Waals surface area contributed by atoms with Crippen LogP contribution in [0.5, 0.6) is 0 Å². The van der Waals surface area contributed by atoms with Gasteiger partial charge in [0.1, 0.15) is 17.5 Å². The van der Waals surface area contributed by atoms with Gasteiger partial charge < -0.3 is 11.1 Å². The lowest BCUT2D eigenvalue weighted by Crippen LogP contribution is -2.15. The van der Waals surface area contributed by atoms with E-state index in [9.17, 15) is 18.0 Å². The molecule has 0 saturated heterocycles. The standard InChI is InChI=1S/C13H7Cl2F3N2O/c14-7-1-5(16)2-8(15)12(7)20-13(21)6-3-11(19)10(18)4-9(6)17/h1-4H,19H2,(H,20,21). The Labute approximate surface area is 127 Å². The zero-order chi connectivity index (χ0) is 15.7. The summed E-state index contributed by atoms with van der Waals surface area (Å²) >= 11 is 11.5. The third kappa shape index (κ3) is 3.22. The van der Waals surface area contributed by atoms with E-state index in [0.717, 1.165) is 18.2 Å². The number of hydrogen-bond acceptors (Lipinski definition) is 2. The van der Waals surface area contributed by atoms with Crippen molar-refractivity contribution < 1.29 is 18.0 Å². The van der Waals surface area contributed by atoms with Crippen molar-refractivity contribution in [1.29, 1.82) is 0 Å². The van der Waals surface area contributed by atoms with Crippen LogP contribution >= 0.6 is 23.2 Å². The molecule has 0 fully saturated rings. The lowest BCUT2D eigenvalue weighted by Gasteiger charge is -2.10. The van der Waals surface area contributed by atoms with Gasteiger partial charge in [-0.1, -0.05) is 23.2 Å². The molecule has 0 aliphatic heterocycles. The van der Waals surface area contributed by atoms with Crippen LogP contribution in [0.3, 0.4) is 0 Å². The van der Waals surface area contributed by atoms with E-state index in [1.54, 1.807) is 0 Å². The number of anilines is 2. The van der Waals surface area contributed by atoms with Gasteiger partial charge in [-0.3, -0.25) is 4.79 Å². The molecule has 0 aliphatic rings. The molecule has 0 spiro atoms. The fraction of sp³-hybridized carbons (Fsp3) is 0. The maximum Gasteiger partial charge on any atom is 0.258 e. The van der Waals surface area contributed by atoms with Crippen LogP contribution in [0.2, 0.25) is 10.0 Å². The monoisotopic (exact) mass is 334 g/mol. The molecule has 0 radical (unpaired) electrons. The number of rotatable bonds is 2. The lowest BCUT2D eigenvalue weighted by molar-refractivity contribution is 0.102. The molecule has 2 rings (SSSR count). The highest BCUT2D eigenvalue weighted by atomic mass is 35.5. The number of amides is 1. The van der Waals surface area contributed by atoms with Gasteiger partial charge in [-0.25, -0.2) is 13.2 Å². The quantitative estimate of drug-likeness (QED) is 0.807. The summed E-state index contributed by atoms with van der Waals surface area (Å²) < 4.78 is 39.6. The van der Waals surface area contributed by atoms with Gasteiger partial charge in [-0.2, -0.15) is 0 Å². The Morgan fingerprint density at radius 1 is 1.00 bits per heavy atom. The molecule has 2 aromatic carbocycles. The van der Waals surface area contributed by atoms with Crippen LogP contribution in [0.1, 0.15) is 10.4 Å². The molecule has 0 aromatic heterocycles. The molecule has 0 aliphatic carbocycles. The predicted octanol–water partition coefficient (Wildman–Crippen LogP) is 4.25. The number of nitrogens with two attached hydrogens (primary N) is 1. The van der Waals surface area contributed by atoms with Crippen molar-refractivity contribution in [2.45, 2.75) is 0 Å². The molecule has 3 nitrogen and oxygen atoms in total. The van der Waals surface area contributed by atoms with Gasteiger partial charge in [0.15, 0.2) is 0 Å². The number of nitrogen functional groups attached to an aromatic ring is 1. The lowest BCUT2D eigenvalue weighted by atomic mass is 10.1. The normalized spacial score (nSPS) is 10.5. The maximum absolute atomic E-state index is 13.6. The number of carbonyl (C=O) groups is 1. The molecular weight excluding hydrogens is 328 g/mol. The predicted molar refractivity (Wildman–Crippen MR) is 75.1 cm³/mol. The van der Waals surface area contributed by atoms with E-state index in [1.807, 2.05) is 0 Å². The van der Waals surface area contributed by atoms with Crippen LogP contribution in [0, 0.1) is 17.5 Å². The molecule has 0 saturated carbocycles. The number of halogens is 5. The van der Waals surface area contributed by atoms with E-state index < -0.39 is 34.6 Å². The third-order valence-corrected chi connectivity index (χ3v) is 3.17. The van der Waals surface area contributed by atoms with Crippen molar-refractivity contribution in [2.75, 3.05) is 11.1 Å². The van der Waals surface area contributed by atoms with Crippen LogP contribution in [-0.2, 0) is 0 Å². The zero-order valence-corrected chi connectivity index (χ0v) is 11.7.